The first kappa shape index (κ1) is 12.6. The number of aryl methyl sites for hydroxylation is 1. The van der Waals surface area contributed by atoms with Gasteiger partial charge in [0.25, 0.3) is 0 Å². The van der Waals surface area contributed by atoms with Crippen LogP contribution in [0.15, 0.2) is 42.5 Å². The van der Waals surface area contributed by atoms with Crippen molar-refractivity contribution in [3.8, 4) is 11.5 Å². The Bertz CT molecular complexity index is 552. The molecule has 2 rings (SSSR count). The summed E-state index contributed by atoms with van der Waals surface area (Å²) in [6.07, 6.45) is 0. The van der Waals surface area contributed by atoms with Crippen molar-refractivity contribution in [3.05, 3.63) is 59.4 Å². The van der Waals surface area contributed by atoms with Crippen molar-refractivity contribution in [1.29, 1.82) is 0 Å². The molecule has 2 N–H and O–H groups in total. The van der Waals surface area contributed by atoms with E-state index in [1.54, 1.807) is 13.0 Å². The number of hydrogen-bond acceptors (Lipinski definition) is 2. The zero-order chi connectivity index (χ0) is 13.1. The molecule has 1 unspecified atom stereocenters. The molecule has 94 valence electrons. The maximum atomic E-state index is 13.2. The third-order valence-corrected chi connectivity index (χ3v) is 2.78. The van der Waals surface area contributed by atoms with Crippen LogP contribution in [-0.2, 0) is 0 Å². The van der Waals surface area contributed by atoms with Crippen LogP contribution in [0.1, 0.15) is 24.1 Å². The van der Waals surface area contributed by atoms with Gasteiger partial charge in [-0.3, -0.25) is 0 Å². The van der Waals surface area contributed by atoms with Crippen molar-refractivity contribution in [2.75, 3.05) is 0 Å². The first-order chi connectivity index (χ1) is 8.58. The average Bonchev–Trinajstić information content (AvgIpc) is 2.34. The van der Waals surface area contributed by atoms with Crippen LogP contribution < -0.4 is 10.5 Å². The van der Waals surface area contributed by atoms with Gasteiger partial charge in [-0.05, 0) is 43.7 Å². The average molecular weight is 245 g/mol. The Morgan fingerprint density at radius 3 is 2.50 bits per heavy atom. The Balaban J connectivity index is 2.37. The molecule has 0 heterocycles. The highest BCUT2D eigenvalue weighted by atomic mass is 19.1. The van der Waals surface area contributed by atoms with Crippen LogP contribution in [0.4, 0.5) is 4.39 Å². The van der Waals surface area contributed by atoms with Crippen molar-refractivity contribution in [2.24, 2.45) is 5.73 Å². The van der Waals surface area contributed by atoms with Gasteiger partial charge in [-0.25, -0.2) is 4.39 Å². The molecule has 0 aromatic heterocycles. The Morgan fingerprint density at radius 2 is 1.83 bits per heavy atom. The molecule has 0 saturated carbocycles. The van der Waals surface area contributed by atoms with Crippen LogP contribution >= 0.6 is 0 Å². The second-order valence-corrected chi connectivity index (χ2v) is 4.34. The molecule has 2 aromatic rings. The molecular formula is C15H16FNO. The second kappa shape index (κ2) is 5.19. The summed E-state index contributed by atoms with van der Waals surface area (Å²) in [6.45, 7) is 3.77. The summed E-state index contributed by atoms with van der Waals surface area (Å²) in [5.41, 5.74) is 7.52. The number of benzene rings is 2. The summed E-state index contributed by atoms with van der Waals surface area (Å²) in [4.78, 5) is 0. The van der Waals surface area contributed by atoms with E-state index in [-0.39, 0.29) is 11.9 Å². The first-order valence-corrected chi connectivity index (χ1v) is 5.86. The highest BCUT2D eigenvalue weighted by Gasteiger charge is 2.11. The molecule has 18 heavy (non-hydrogen) atoms. The van der Waals surface area contributed by atoms with Gasteiger partial charge in [-0.15, -0.1) is 0 Å². The SMILES string of the molecule is Cc1ccccc1Oc1ccc(F)cc1C(C)N. The third kappa shape index (κ3) is 2.68. The van der Waals surface area contributed by atoms with Crippen LogP contribution in [0.25, 0.3) is 0 Å². The van der Waals surface area contributed by atoms with E-state index < -0.39 is 0 Å². The van der Waals surface area contributed by atoms with Gasteiger partial charge in [0.2, 0.25) is 0 Å². The van der Waals surface area contributed by atoms with Gasteiger partial charge in [-0.1, -0.05) is 18.2 Å². The number of nitrogens with two attached hydrogens (primary N) is 1. The zero-order valence-corrected chi connectivity index (χ0v) is 10.5. The van der Waals surface area contributed by atoms with Crippen molar-refractivity contribution >= 4 is 0 Å². The maximum Gasteiger partial charge on any atom is 0.132 e. The summed E-state index contributed by atoms with van der Waals surface area (Å²) < 4.78 is 19.0. The van der Waals surface area contributed by atoms with Crippen LogP contribution in [0.3, 0.4) is 0 Å². The molecule has 0 spiro atoms. The van der Waals surface area contributed by atoms with Crippen molar-refractivity contribution in [2.45, 2.75) is 19.9 Å². The normalized spacial score (nSPS) is 12.2. The molecule has 0 aliphatic rings. The van der Waals surface area contributed by atoms with E-state index in [4.69, 9.17) is 10.5 Å². The Morgan fingerprint density at radius 1 is 1.11 bits per heavy atom. The predicted molar refractivity (Wildman–Crippen MR) is 70.3 cm³/mol. The largest absolute Gasteiger partial charge is 0.457 e. The molecule has 0 saturated heterocycles. The van der Waals surface area contributed by atoms with Gasteiger partial charge in [0.05, 0.1) is 0 Å². The Labute approximate surface area is 106 Å². The number of hydrogen-bond donors (Lipinski definition) is 1. The van der Waals surface area contributed by atoms with E-state index in [1.165, 1.54) is 12.1 Å². The molecular weight excluding hydrogens is 229 g/mol. The minimum Gasteiger partial charge on any atom is -0.457 e. The van der Waals surface area contributed by atoms with E-state index in [0.717, 1.165) is 11.3 Å². The van der Waals surface area contributed by atoms with Crippen molar-refractivity contribution in [3.63, 3.8) is 0 Å². The second-order valence-electron chi connectivity index (χ2n) is 4.34. The lowest BCUT2D eigenvalue weighted by molar-refractivity contribution is 0.466. The molecule has 0 aliphatic carbocycles. The molecule has 3 heteroatoms. The number of para-hydroxylation sites is 1. The summed E-state index contributed by atoms with van der Waals surface area (Å²) in [7, 11) is 0. The molecule has 0 fully saturated rings. The molecule has 2 nitrogen and oxygen atoms in total. The highest BCUT2D eigenvalue weighted by molar-refractivity contribution is 5.42. The lowest BCUT2D eigenvalue weighted by Crippen LogP contribution is -2.07. The van der Waals surface area contributed by atoms with Gasteiger partial charge in [0.15, 0.2) is 0 Å². The maximum absolute atomic E-state index is 13.2. The quantitative estimate of drug-likeness (QED) is 0.888. The lowest BCUT2D eigenvalue weighted by Gasteiger charge is -2.15. The molecule has 0 aliphatic heterocycles. The van der Waals surface area contributed by atoms with E-state index >= 15 is 0 Å². The molecule has 0 amide bonds. The topological polar surface area (TPSA) is 35.2 Å². The lowest BCUT2D eigenvalue weighted by atomic mass is 10.1. The Kier molecular flexibility index (Phi) is 3.63. The minimum absolute atomic E-state index is 0.278. The number of halogens is 1. The van der Waals surface area contributed by atoms with Crippen molar-refractivity contribution in [1.82, 2.24) is 0 Å². The molecule has 0 radical (unpaired) electrons. The van der Waals surface area contributed by atoms with Gasteiger partial charge in [0, 0.05) is 11.6 Å². The molecule has 1 atom stereocenters. The first-order valence-electron chi connectivity index (χ1n) is 5.86. The standard InChI is InChI=1S/C15H16FNO/c1-10-5-3-4-6-14(10)18-15-8-7-12(16)9-13(15)11(2)17/h3-9,11H,17H2,1-2H3. The number of rotatable bonds is 3. The monoisotopic (exact) mass is 245 g/mol. The third-order valence-electron chi connectivity index (χ3n) is 2.78. The highest BCUT2D eigenvalue weighted by Crippen LogP contribution is 2.30. The number of ether oxygens (including phenoxy) is 1. The van der Waals surface area contributed by atoms with Gasteiger partial charge >= 0.3 is 0 Å². The smallest absolute Gasteiger partial charge is 0.132 e. The summed E-state index contributed by atoms with van der Waals surface area (Å²) in [5, 5.41) is 0. The van der Waals surface area contributed by atoms with Gasteiger partial charge in [-0.2, -0.15) is 0 Å². The zero-order valence-electron chi connectivity index (χ0n) is 10.5. The molecule has 2 aromatic carbocycles. The fourth-order valence-corrected chi connectivity index (χ4v) is 1.76. The summed E-state index contributed by atoms with van der Waals surface area (Å²) in [6, 6.07) is 11.8. The Hall–Kier alpha value is -1.87. The minimum atomic E-state index is -0.306. The van der Waals surface area contributed by atoms with E-state index in [0.29, 0.717) is 11.3 Å². The van der Waals surface area contributed by atoms with E-state index in [1.807, 2.05) is 31.2 Å². The molecule has 0 bridgehead atoms. The summed E-state index contributed by atoms with van der Waals surface area (Å²) >= 11 is 0. The van der Waals surface area contributed by atoms with E-state index in [9.17, 15) is 4.39 Å². The van der Waals surface area contributed by atoms with Gasteiger partial charge in [0.1, 0.15) is 17.3 Å². The van der Waals surface area contributed by atoms with Crippen molar-refractivity contribution < 1.29 is 9.13 Å². The fourth-order valence-electron chi connectivity index (χ4n) is 1.76. The van der Waals surface area contributed by atoms with Crippen LogP contribution in [-0.4, -0.2) is 0 Å². The van der Waals surface area contributed by atoms with Crippen LogP contribution in [0, 0.1) is 12.7 Å². The summed E-state index contributed by atoms with van der Waals surface area (Å²) in [5.74, 6) is 1.05. The predicted octanol–water partition coefficient (Wildman–Crippen LogP) is 3.95. The fraction of sp³-hybridized carbons (Fsp3) is 0.200. The van der Waals surface area contributed by atoms with E-state index in [2.05, 4.69) is 0 Å². The van der Waals surface area contributed by atoms with Crippen LogP contribution in [0.2, 0.25) is 0 Å². The van der Waals surface area contributed by atoms with Crippen LogP contribution in [0.5, 0.6) is 11.5 Å². The van der Waals surface area contributed by atoms with Gasteiger partial charge < -0.3 is 10.5 Å².